The van der Waals surface area contributed by atoms with Gasteiger partial charge in [-0.05, 0) is 24.0 Å². The molecule has 14 heavy (non-hydrogen) atoms. The summed E-state index contributed by atoms with van der Waals surface area (Å²) in [6.45, 7) is 2.30. The van der Waals surface area contributed by atoms with Crippen LogP contribution in [-0.4, -0.2) is 31.9 Å². The number of hydrogen-bond donors (Lipinski definition) is 1. The molecule has 0 bridgehead atoms. The first-order valence-electron chi connectivity index (χ1n) is 4.98. The molecule has 1 aliphatic carbocycles. The minimum atomic E-state index is -0.0525. The Bertz CT molecular complexity index is 320. The Morgan fingerprint density at radius 1 is 1.57 bits per heavy atom. The first kappa shape index (κ1) is 9.58. The fourth-order valence-electron chi connectivity index (χ4n) is 1.86. The monoisotopic (exact) mass is 196 g/mol. The zero-order valence-corrected chi connectivity index (χ0v) is 8.64. The molecule has 5 heteroatoms. The summed E-state index contributed by atoms with van der Waals surface area (Å²) >= 11 is 0. The van der Waals surface area contributed by atoms with E-state index >= 15 is 0 Å². The summed E-state index contributed by atoms with van der Waals surface area (Å²) in [4.78, 5) is 1.46. The topological polar surface area (TPSA) is 63.8 Å². The fraction of sp³-hybridized carbons (Fsp3) is 0.889. The van der Waals surface area contributed by atoms with Crippen LogP contribution < -0.4 is 0 Å². The molecule has 1 unspecified atom stereocenters. The maximum absolute atomic E-state index is 9.38. The molecule has 1 atom stereocenters. The third kappa shape index (κ3) is 1.77. The van der Waals surface area contributed by atoms with E-state index in [9.17, 15) is 5.11 Å². The van der Waals surface area contributed by atoms with Crippen molar-refractivity contribution in [1.29, 1.82) is 0 Å². The van der Waals surface area contributed by atoms with Crippen LogP contribution in [0.1, 0.15) is 25.6 Å². The lowest BCUT2D eigenvalue weighted by Crippen LogP contribution is -2.27. The van der Waals surface area contributed by atoms with E-state index in [-0.39, 0.29) is 12.0 Å². The average molecular weight is 196 g/mol. The smallest absolute Gasteiger partial charge is 0.175 e. The van der Waals surface area contributed by atoms with Gasteiger partial charge in [0.05, 0.1) is 7.05 Å². The summed E-state index contributed by atoms with van der Waals surface area (Å²) in [5.41, 5.74) is -0.0525. The van der Waals surface area contributed by atoms with Gasteiger partial charge in [-0.2, -0.15) is 4.80 Å². The predicted molar refractivity (Wildman–Crippen MR) is 50.4 cm³/mol. The van der Waals surface area contributed by atoms with Crippen LogP contribution >= 0.6 is 0 Å². The Kier molecular flexibility index (Phi) is 2.26. The lowest BCUT2D eigenvalue weighted by atomic mass is 9.82. The number of nitrogens with zero attached hydrogens (tertiary/aromatic N) is 4. The Labute approximate surface area is 83.1 Å². The van der Waals surface area contributed by atoms with Gasteiger partial charge in [0.15, 0.2) is 5.82 Å². The molecule has 0 amide bonds. The maximum Gasteiger partial charge on any atom is 0.175 e. The first-order valence-corrected chi connectivity index (χ1v) is 4.98. The van der Waals surface area contributed by atoms with Crippen molar-refractivity contribution in [2.45, 2.75) is 26.2 Å². The highest BCUT2D eigenvalue weighted by Gasteiger charge is 2.41. The van der Waals surface area contributed by atoms with Gasteiger partial charge in [0, 0.05) is 18.4 Å². The SMILES string of the molecule is Cn1nnc(CC(C)(CO)C2CC2)n1. The number of aliphatic hydroxyl groups is 1. The molecule has 1 heterocycles. The second-order valence-corrected chi connectivity index (χ2v) is 4.46. The molecule has 0 radical (unpaired) electrons. The van der Waals surface area contributed by atoms with Gasteiger partial charge in [0.25, 0.3) is 0 Å². The lowest BCUT2D eigenvalue weighted by molar-refractivity contribution is 0.117. The number of aromatic nitrogens is 4. The van der Waals surface area contributed by atoms with E-state index in [1.807, 2.05) is 0 Å². The van der Waals surface area contributed by atoms with E-state index in [1.54, 1.807) is 7.05 Å². The zero-order valence-electron chi connectivity index (χ0n) is 8.64. The van der Waals surface area contributed by atoms with Crippen molar-refractivity contribution in [2.75, 3.05) is 6.61 Å². The Morgan fingerprint density at radius 2 is 2.29 bits per heavy atom. The highest BCUT2D eigenvalue weighted by Crippen LogP contribution is 2.46. The summed E-state index contributed by atoms with van der Waals surface area (Å²) in [5.74, 6) is 1.37. The minimum Gasteiger partial charge on any atom is -0.396 e. The molecule has 0 aromatic carbocycles. The normalized spacial score (nSPS) is 20.8. The van der Waals surface area contributed by atoms with Crippen LogP contribution in [0.2, 0.25) is 0 Å². The van der Waals surface area contributed by atoms with Crippen LogP contribution in [0.4, 0.5) is 0 Å². The third-order valence-corrected chi connectivity index (χ3v) is 3.04. The second-order valence-electron chi connectivity index (χ2n) is 4.46. The lowest BCUT2D eigenvalue weighted by Gasteiger charge is -2.25. The number of hydrogen-bond acceptors (Lipinski definition) is 4. The van der Waals surface area contributed by atoms with Crippen molar-refractivity contribution in [1.82, 2.24) is 20.2 Å². The average Bonchev–Trinajstić information content (AvgIpc) is 2.93. The molecule has 1 saturated carbocycles. The Morgan fingerprint density at radius 3 is 2.71 bits per heavy atom. The van der Waals surface area contributed by atoms with Gasteiger partial charge in [-0.1, -0.05) is 6.92 Å². The van der Waals surface area contributed by atoms with E-state index in [1.165, 1.54) is 17.6 Å². The van der Waals surface area contributed by atoms with E-state index in [4.69, 9.17) is 0 Å². The van der Waals surface area contributed by atoms with Crippen molar-refractivity contribution in [3.63, 3.8) is 0 Å². The van der Waals surface area contributed by atoms with Crippen molar-refractivity contribution in [3.8, 4) is 0 Å². The molecular weight excluding hydrogens is 180 g/mol. The molecule has 0 spiro atoms. The Balaban J connectivity index is 2.07. The van der Waals surface area contributed by atoms with E-state index in [2.05, 4.69) is 22.3 Å². The standard InChI is InChI=1S/C9H16N4O/c1-9(6-14,7-3-4-7)5-8-10-12-13(2)11-8/h7,14H,3-6H2,1-2H3. The van der Waals surface area contributed by atoms with Gasteiger partial charge in [0.2, 0.25) is 0 Å². The van der Waals surface area contributed by atoms with E-state index < -0.39 is 0 Å². The van der Waals surface area contributed by atoms with Crippen LogP contribution in [0, 0.1) is 11.3 Å². The maximum atomic E-state index is 9.38. The molecule has 1 fully saturated rings. The van der Waals surface area contributed by atoms with Gasteiger partial charge in [0.1, 0.15) is 0 Å². The summed E-state index contributed by atoms with van der Waals surface area (Å²) in [5, 5.41) is 21.3. The van der Waals surface area contributed by atoms with Crippen LogP contribution in [-0.2, 0) is 13.5 Å². The summed E-state index contributed by atoms with van der Waals surface area (Å²) < 4.78 is 0. The molecule has 5 nitrogen and oxygen atoms in total. The minimum absolute atomic E-state index is 0.0525. The molecule has 0 aliphatic heterocycles. The van der Waals surface area contributed by atoms with Crippen molar-refractivity contribution < 1.29 is 5.11 Å². The largest absolute Gasteiger partial charge is 0.396 e. The number of tetrazole rings is 1. The van der Waals surface area contributed by atoms with Crippen molar-refractivity contribution >= 4 is 0 Å². The summed E-state index contributed by atoms with van der Waals surface area (Å²) in [7, 11) is 1.75. The molecule has 2 rings (SSSR count). The number of aryl methyl sites for hydroxylation is 1. The number of aliphatic hydroxyl groups excluding tert-OH is 1. The van der Waals surface area contributed by atoms with Crippen molar-refractivity contribution in [3.05, 3.63) is 5.82 Å². The van der Waals surface area contributed by atoms with Crippen LogP contribution in [0.25, 0.3) is 0 Å². The Hall–Kier alpha value is -0.970. The van der Waals surface area contributed by atoms with Gasteiger partial charge in [-0.25, -0.2) is 0 Å². The molecule has 1 aliphatic rings. The molecular formula is C9H16N4O. The van der Waals surface area contributed by atoms with Crippen LogP contribution in [0.3, 0.4) is 0 Å². The highest BCUT2D eigenvalue weighted by atomic mass is 16.3. The third-order valence-electron chi connectivity index (χ3n) is 3.04. The first-order chi connectivity index (χ1) is 6.64. The van der Waals surface area contributed by atoms with Gasteiger partial charge < -0.3 is 5.11 Å². The molecule has 1 aromatic rings. The molecule has 1 N–H and O–H groups in total. The summed E-state index contributed by atoms with van der Waals surface area (Å²) in [6, 6.07) is 0. The van der Waals surface area contributed by atoms with Gasteiger partial charge in [-0.15, -0.1) is 10.2 Å². The van der Waals surface area contributed by atoms with Gasteiger partial charge >= 0.3 is 0 Å². The molecule has 78 valence electrons. The quantitative estimate of drug-likeness (QED) is 0.745. The van der Waals surface area contributed by atoms with Crippen LogP contribution in [0.5, 0.6) is 0 Å². The molecule has 0 saturated heterocycles. The second kappa shape index (κ2) is 3.31. The molecule has 1 aromatic heterocycles. The predicted octanol–water partition coefficient (Wildman–Crippen LogP) is 0.161. The number of rotatable bonds is 4. The van der Waals surface area contributed by atoms with E-state index in [0.717, 1.165) is 12.2 Å². The van der Waals surface area contributed by atoms with Crippen LogP contribution in [0.15, 0.2) is 0 Å². The highest BCUT2D eigenvalue weighted by molar-refractivity contribution is 4.97. The fourth-order valence-corrected chi connectivity index (χ4v) is 1.86. The van der Waals surface area contributed by atoms with Crippen molar-refractivity contribution in [2.24, 2.45) is 18.4 Å². The van der Waals surface area contributed by atoms with E-state index in [0.29, 0.717) is 5.92 Å². The summed E-state index contributed by atoms with van der Waals surface area (Å²) in [6.07, 6.45) is 3.16. The van der Waals surface area contributed by atoms with Gasteiger partial charge in [-0.3, -0.25) is 0 Å². The zero-order chi connectivity index (χ0) is 10.2.